The first-order valence-electron chi connectivity index (χ1n) is 14.5. The minimum absolute atomic E-state index is 0.0190. The number of carbonyl (C=O) groups is 1. The van der Waals surface area contributed by atoms with E-state index in [4.69, 9.17) is 5.73 Å². The minimum Gasteiger partial charge on any atom is -0.377 e. The van der Waals surface area contributed by atoms with E-state index < -0.39 is 30.0 Å². The largest absolute Gasteiger partial charge is 0.377 e. The first kappa shape index (κ1) is 32.1. The number of rotatable bonds is 14. The van der Waals surface area contributed by atoms with Crippen molar-refractivity contribution in [3.8, 4) is 0 Å². The van der Waals surface area contributed by atoms with Crippen molar-refractivity contribution < 1.29 is 15.0 Å². The van der Waals surface area contributed by atoms with Crippen LogP contribution in [0.15, 0.2) is 54.9 Å². The molecule has 2 aromatic rings. The Hall–Kier alpha value is -2.40. The number of hydrogen-bond acceptors (Lipinski definition) is 8. The number of nitrogens with two attached hydrogens (primary N) is 1. The zero-order valence-corrected chi connectivity index (χ0v) is 24.8. The predicted molar refractivity (Wildman–Crippen MR) is 159 cm³/mol. The molecule has 6 N–H and O–H groups in total. The van der Waals surface area contributed by atoms with Gasteiger partial charge in [-0.3, -0.25) is 20.0 Å². The molecular weight excluding hydrogens is 504 g/mol. The molecule has 1 aliphatic rings. The molecule has 0 aliphatic carbocycles. The van der Waals surface area contributed by atoms with Gasteiger partial charge in [-0.1, -0.05) is 57.2 Å². The number of likely N-dealkylation sites (tertiary alicyclic amines) is 1. The third-order valence-electron chi connectivity index (χ3n) is 7.97. The number of aliphatic hydroxyl groups is 2. The van der Waals surface area contributed by atoms with Crippen molar-refractivity contribution in [1.82, 2.24) is 25.4 Å². The van der Waals surface area contributed by atoms with E-state index in [1.54, 1.807) is 19.4 Å². The van der Waals surface area contributed by atoms with Crippen LogP contribution in [0.1, 0.15) is 51.7 Å². The molecule has 0 saturated carbocycles. The molecular formula is C31H50N6O3. The smallest absolute Gasteiger partial charge is 0.240 e. The maximum Gasteiger partial charge on any atom is 0.240 e. The molecule has 1 saturated heterocycles. The van der Waals surface area contributed by atoms with E-state index in [9.17, 15) is 15.0 Å². The molecule has 0 bridgehead atoms. The lowest BCUT2D eigenvalue weighted by Crippen LogP contribution is -2.61. The number of carbonyl (C=O) groups excluding carboxylic acids is 1. The van der Waals surface area contributed by atoms with Crippen molar-refractivity contribution in [1.29, 1.82) is 0 Å². The van der Waals surface area contributed by atoms with Gasteiger partial charge in [0.25, 0.3) is 0 Å². The summed E-state index contributed by atoms with van der Waals surface area (Å²) in [6.07, 6.45) is 4.77. The second-order valence-electron chi connectivity index (χ2n) is 12.2. The summed E-state index contributed by atoms with van der Waals surface area (Å²) in [6.45, 7) is 9.70. The summed E-state index contributed by atoms with van der Waals surface area (Å²) in [5, 5.41) is 28.4. The molecule has 0 radical (unpaired) electrons. The van der Waals surface area contributed by atoms with E-state index in [1.165, 1.54) is 5.56 Å². The van der Waals surface area contributed by atoms with Crippen LogP contribution in [0, 0.1) is 5.41 Å². The number of likely N-dealkylation sites (N-methyl/N-ethyl adjacent to an activating group) is 1. The summed E-state index contributed by atoms with van der Waals surface area (Å²) >= 11 is 0. The Labute approximate surface area is 240 Å². The molecule has 0 spiro atoms. The molecule has 9 nitrogen and oxygen atoms in total. The van der Waals surface area contributed by atoms with Crippen LogP contribution in [-0.2, 0) is 17.6 Å². The fourth-order valence-corrected chi connectivity index (χ4v) is 5.33. The molecule has 222 valence electrons. The summed E-state index contributed by atoms with van der Waals surface area (Å²) in [5.41, 5.74) is 8.30. The minimum atomic E-state index is -0.878. The average molecular weight is 555 g/mol. The molecule has 3 rings (SSSR count). The lowest BCUT2D eigenvalue weighted by atomic mass is 9.85. The third kappa shape index (κ3) is 9.06. The summed E-state index contributed by atoms with van der Waals surface area (Å²) in [7, 11) is 1.79. The topological polar surface area (TPSA) is 127 Å². The lowest BCUT2D eigenvalue weighted by molar-refractivity contribution is -0.139. The van der Waals surface area contributed by atoms with Crippen LogP contribution in [0.5, 0.6) is 0 Å². The van der Waals surface area contributed by atoms with Gasteiger partial charge >= 0.3 is 0 Å². The number of benzene rings is 1. The van der Waals surface area contributed by atoms with E-state index >= 15 is 0 Å². The summed E-state index contributed by atoms with van der Waals surface area (Å²) in [5.74, 6) is -0.0190. The summed E-state index contributed by atoms with van der Waals surface area (Å²) in [6, 6.07) is 12.7. The highest BCUT2D eigenvalue weighted by atomic mass is 16.3. The molecule has 6 atom stereocenters. The lowest BCUT2D eigenvalue weighted by Gasteiger charge is -2.40. The molecule has 1 fully saturated rings. The zero-order chi connectivity index (χ0) is 29.3. The molecule has 40 heavy (non-hydrogen) atoms. The van der Waals surface area contributed by atoms with Gasteiger partial charge in [0.2, 0.25) is 5.91 Å². The molecule has 1 aromatic carbocycles. The second kappa shape index (κ2) is 15.0. The van der Waals surface area contributed by atoms with Crippen LogP contribution < -0.4 is 16.4 Å². The van der Waals surface area contributed by atoms with Crippen molar-refractivity contribution in [2.45, 2.75) is 90.0 Å². The van der Waals surface area contributed by atoms with E-state index in [2.05, 4.69) is 27.8 Å². The van der Waals surface area contributed by atoms with Crippen molar-refractivity contribution in [2.24, 2.45) is 11.1 Å². The van der Waals surface area contributed by atoms with E-state index in [-0.39, 0.29) is 18.0 Å². The van der Waals surface area contributed by atoms with Gasteiger partial charge in [0, 0.05) is 50.2 Å². The van der Waals surface area contributed by atoms with Crippen LogP contribution in [0.25, 0.3) is 0 Å². The molecule has 9 heteroatoms. The molecule has 2 unspecified atom stereocenters. The van der Waals surface area contributed by atoms with Crippen LogP contribution in [0.3, 0.4) is 0 Å². The van der Waals surface area contributed by atoms with Gasteiger partial charge in [-0.05, 0) is 62.3 Å². The van der Waals surface area contributed by atoms with Crippen LogP contribution >= 0.6 is 0 Å². The van der Waals surface area contributed by atoms with Crippen LogP contribution in [-0.4, -0.2) is 94.2 Å². The van der Waals surface area contributed by atoms with E-state index in [0.717, 1.165) is 24.8 Å². The van der Waals surface area contributed by atoms with Crippen LogP contribution in [0.4, 0.5) is 0 Å². The van der Waals surface area contributed by atoms with Gasteiger partial charge in [-0.2, -0.15) is 0 Å². The number of nitrogens with one attached hydrogen (secondary N) is 2. The van der Waals surface area contributed by atoms with Crippen molar-refractivity contribution in [3.63, 3.8) is 0 Å². The van der Waals surface area contributed by atoms with E-state index in [1.807, 2.05) is 67.8 Å². The van der Waals surface area contributed by atoms with Crippen LogP contribution in [0.2, 0.25) is 0 Å². The number of amides is 1. The Morgan fingerprint density at radius 2 is 1.88 bits per heavy atom. The van der Waals surface area contributed by atoms with Gasteiger partial charge in [0.05, 0.1) is 6.04 Å². The highest BCUT2D eigenvalue weighted by Gasteiger charge is 2.41. The highest BCUT2D eigenvalue weighted by molar-refractivity contribution is 5.83. The number of aromatic nitrogens is 1. The van der Waals surface area contributed by atoms with Gasteiger partial charge in [0.15, 0.2) is 0 Å². The van der Waals surface area contributed by atoms with Gasteiger partial charge in [-0.15, -0.1) is 0 Å². The SMILES string of the molecule is CN[C@@H](C)C(O)N[C@H](C(=O)N1CCC[C@H]1CN(CCc1ccccc1)C(O)[C@H](N)Cc1cccnc1)C(C)(C)C. The summed E-state index contributed by atoms with van der Waals surface area (Å²) < 4.78 is 0. The second-order valence-corrected chi connectivity index (χ2v) is 12.2. The maximum absolute atomic E-state index is 14.0. The van der Waals surface area contributed by atoms with Crippen molar-refractivity contribution in [2.75, 3.05) is 26.7 Å². The normalized spacial score (nSPS) is 19.8. The number of hydrogen-bond donors (Lipinski definition) is 5. The van der Waals surface area contributed by atoms with E-state index in [0.29, 0.717) is 26.1 Å². The number of nitrogens with zero attached hydrogens (tertiary/aromatic N) is 3. The molecule has 1 aliphatic heterocycles. The van der Waals surface area contributed by atoms with Gasteiger partial charge in [-0.25, -0.2) is 0 Å². The Morgan fingerprint density at radius 1 is 1.18 bits per heavy atom. The Bertz CT molecular complexity index is 1020. The molecule has 1 aromatic heterocycles. The first-order chi connectivity index (χ1) is 19.0. The Balaban J connectivity index is 1.77. The zero-order valence-electron chi connectivity index (χ0n) is 24.8. The highest BCUT2D eigenvalue weighted by Crippen LogP contribution is 2.27. The molecule has 2 heterocycles. The maximum atomic E-state index is 14.0. The number of aliphatic hydroxyl groups excluding tert-OH is 2. The first-order valence-corrected chi connectivity index (χ1v) is 14.5. The Kier molecular flexibility index (Phi) is 12.0. The summed E-state index contributed by atoms with van der Waals surface area (Å²) in [4.78, 5) is 22.1. The standard InChI is InChI=1S/C31H50N6O3/c1-22(33-5)28(38)35-27(31(2,3)4)30(40)37-17-10-14-25(37)21-36(18-15-23-11-7-6-8-12-23)29(39)26(32)19-24-13-9-16-34-20-24/h6-9,11-13,16,20,22,25-29,33,35,38-39H,10,14-15,17-19,21,32H2,1-5H3/t22-,25-,26+,27+,28?,29?/m0/s1. The molecule has 1 amide bonds. The number of pyridine rings is 1. The van der Waals surface area contributed by atoms with Crippen molar-refractivity contribution in [3.05, 3.63) is 66.0 Å². The van der Waals surface area contributed by atoms with Crippen molar-refractivity contribution >= 4 is 5.91 Å². The Morgan fingerprint density at radius 3 is 2.50 bits per heavy atom. The average Bonchev–Trinajstić information content (AvgIpc) is 3.41. The quantitative estimate of drug-likeness (QED) is 0.224. The van der Waals surface area contributed by atoms with Gasteiger partial charge in [0.1, 0.15) is 12.5 Å². The monoisotopic (exact) mass is 554 g/mol. The third-order valence-corrected chi connectivity index (χ3v) is 7.97. The van der Waals surface area contributed by atoms with Gasteiger partial charge < -0.3 is 26.2 Å². The fourth-order valence-electron chi connectivity index (χ4n) is 5.33. The predicted octanol–water partition coefficient (Wildman–Crippen LogP) is 1.74. The fraction of sp³-hybridized carbons (Fsp3) is 0.613.